The number of nitrogens with one attached hydrogen (secondary N) is 1. The average Bonchev–Trinajstić information content (AvgIpc) is 3.12. The van der Waals surface area contributed by atoms with Gasteiger partial charge in [-0.15, -0.1) is 0 Å². The number of fused-ring (bicyclic) bond motifs is 1. The van der Waals surface area contributed by atoms with Crippen LogP contribution in [0.4, 0.5) is 5.69 Å². The van der Waals surface area contributed by atoms with Gasteiger partial charge in [0.1, 0.15) is 0 Å². The van der Waals surface area contributed by atoms with E-state index in [0.717, 1.165) is 51.3 Å². The van der Waals surface area contributed by atoms with E-state index < -0.39 is 18.5 Å². The molecular formula is C24H19N2NaO6S. The van der Waals surface area contributed by atoms with Crippen LogP contribution >= 0.6 is 11.8 Å². The number of carbonyl (C=O) groups is 3. The molecule has 34 heavy (non-hydrogen) atoms. The second-order valence-corrected chi connectivity index (χ2v) is 9.45. The Hall–Kier alpha value is -3.11. The Kier molecular flexibility index (Phi) is 8.89. The Labute approximate surface area is 217 Å². The number of rotatable bonds is 5. The zero-order valence-corrected chi connectivity index (χ0v) is 21.3. The zero-order valence-electron chi connectivity index (χ0n) is 18.4. The summed E-state index contributed by atoms with van der Waals surface area (Å²) in [5.41, 5.74) is 1.49. The molecule has 0 unspecified atom stereocenters. The molecule has 0 radical (unpaired) electrons. The van der Waals surface area contributed by atoms with Crippen LogP contribution < -0.4 is 12.9 Å². The summed E-state index contributed by atoms with van der Waals surface area (Å²) < 4.78 is 6.75. The van der Waals surface area contributed by atoms with Crippen molar-refractivity contribution >= 4 is 88.1 Å². The van der Waals surface area contributed by atoms with Crippen LogP contribution in [0.5, 0.6) is 5.75 Å². The van der Waals surface area contributed by atoms with Gasteiger partial charge >= 0.3 is 149 Å². The first kappa shape index (κ1) is 25.5. The summed E-state index contributed by atoms with van der Waals surface area (Å²) in [5.74, 6) is -1.84. The van der Waals surface area contributed by atoms with Gasteiger partial charge in [0.2, 0.25) is 0 Å². The molecule has 0 spiro atoms. The molecule has 8 nitrogen and oxygen atoms in total. The van der Waals surface area contributed by atoms with E-state index in [9.17, 15) is 9.59 Å². The number of amidine groups is 1. The third kappa shape index (κ3) is 7.46. The fourth-order valence-electron chi connectivity index (χ4n) is 2.98. The van der Waals surface area contributed by atoms with Gasteiger partial charge in [0.15, 0.2) is 6.61 Å². The topological polar surface area (TPSA) is 125 Å². The molecular weight excluding hydrogens is 467 g/mol. The summed E-state index contributed by atoms with van der Waals surface area (Å²) >= 11 is 2.22. The van der Waals surface area contributed by atoms with Crippen molar-refractivity contribution < 1.29 is 29.3 Å². The van der Waals surface area contributed by atoms with Gasteiger partial charge in [0, 0.05) is 6.92 Å². The van der Waals surface area contributed by atoms with Crippen molar-refractivity contribution in [2.75, 3.05) is 11.9 Å². The summed E-state index contributed by atoms with van der Waals surface area (Å²) in [6.07, 6.45) is 1.69. The van der Waals surface area contributed by atoms with Gasteiger partial charge in [0.25, 0.3) is 5.97 Å². The predicted molar refractivity (Wildman–Crippen MR) is 134 cm³/mol. The molecule has 0 atom stereocenters. The van der Waals surface area contributed by atoms with Gasteiger partial charge in [-0.05, 0) is 5.39 Å². The Morgan fingerprint density at radius 3 is 2.32 bits per heavy atom. The number of nitrogens with zero attached hydrogens (tertiary/aromatic N) is 1. The second kappa shape index (κ2) is 11.8. The van der Waals surface area contributed by atoms with Crippen LogP contribution in [0.3, 0.4) is 0 Å². The van der Waals surface area contributed by atoms with Gasteiger partial charge in [-0.1, -0.05) is 24.3 Å². The number of aliphatic carboxylic acids is 2. The summed E-state index contributed by atoms with van der Waals surface area (Å²) in [4.78, 5) is 36.9. The van der Waals surface area contributed by atoms with Crippen LogP contribution in [0.1, 0.15) is 12.5 Å². The maximum absolute atomic E-state index is 12.4. The molecule has 0 saturated heterocycles. The van der Waals surface area contributed by atoms with Crippen molar-refractivity contribution in [2.45, 2.75) is 6.92 Å². The fraction of sp³-hybridized carbons (Fsp3) is 0.0833. The van der Waals surface area contributed by atoms with Crippen LogP contribution in [0.25, 0.3) is 16.8 Å². The summed E-state index contributed by atoms with van der Waals surface area (Å²) in [7, 11) is 0. The SMILES string of the molecule is CC(=O)O.O=C(O)COc1cc2ccccc2cc1/C=C1/SC(Nc2cc[c]([Na])cc2)=NC1=O. The molecule has 4 rings (SSSR count). The molecule has 0 aliphatic carbocycles. The minimum absolute atomic E-state index is 0.348. The van der Waals surface area contributed by atoms with E-state index in [1.165, 1.54) is 14.6 Å². The van der Waals surface area contributed by atoms with E-state index in [2.05, 4.69) is 10.3 Å². The summed E-state index contributed by atoms with van der Waals surface area (Å²) in [6, 6.07) is 19.3. The number of carboxylic acid groups (broad SMARTS) is 2. The van der Waals surface area contributed by atoms with Crippen LogP contribution in [0.2, 0.25) is 0 Å². The first-order chi connectivity index (χ1) is 16.2. The number of carbonyl (C=O) groups excluding carboxylic acids is 1. The number of ether oxygens (including phenoxy) is 1. The standard InChI is InChI=1S/C22H15N2O4S.C2H4O2.Na/c25-20(26)13-28-18-11-15-7-5-4-6-14(15)10-16(18)12-19-21(27)24-22(29-19)23-17-8-2-1-3-9-17;1-2(3)4;/h2-12H,13H2,(H,25,26)(H,23,24,27);1H3,(H,3,4);/b19-12+;;. The Morgan fingerprint density at radius 2 is 1.71 bits per heavy atom. The molecule has 0 saturated carbocycles. The van der Waals surface area contributed by atoms with Crippen LogP contribution in [0, 0.1) is 0 Å². The van der Waals surface area contributed by atoms with E-state index >= 15 is 0 Å². The van der Waals surface area contributed by atoms with Crippen LogP contribution in [-0.2, 0) is 14.4 Å². The Balaban J connectivity index is 0.000000751. The van der Waals surface area contributed by atoms with Crippen LogP contribution in [0.15, 0.2) is 70.6 Å². The van der Waals surface area contributed by atoms with Crippen molar-refractivity contribution in [3.05, 3.63) is 71.1 Å². The Bertz CT molecular complexity index is 1300. The Morgan fingerprint density at radius 1 is 1.09 bits per heavy atom. The number of carboxylic acids is 2. The molecule has 168 valence electrons. The average molecular weight is 486 g/mol. The van der Waals surface area contributed by atoms with E-state index in [0.29, 0.717) is 21.4 Å². The quantitative estimate of drug-likeness (QED) is 0.371. The van der Waals surface area contributed by atoms with E-state index in [1.807, 2.05) is 54.6 Å². The molecule has 3 aromatic carbocycles. The molecule has 0 aromatic heterocycles. The molecule has 3 N–H and O–H groups in total. The number of anilines is 1. The van der Waals surface area contributed by atoms with Crippen molar-refractivity contribution in [1.82, 2.24) is 0 Å². The predicted octanol–water partition coefficient (Wildman–Crippen LogP) is 3.27. The molecule has 1 amide bonds. The fourth-order valence-corrected chi connectivity index (χ4v) is 4.14. The number of amides is 1. The van der Waals surface area contributed by atoms with Gasteiger partial charge in [-0.25, -0.2) is 4.79 Å². The number of aliphatic imine (C=N–C) groups is 1. The first-order valence-electron chi connectivity index (χ1n) is 10.1. The van der Waals surface area contributed by atoms with Crippen molar-refractivity contribution in [3.8, 4) is 5.75 Å². The van der Waals surface area contributed by atoms with E-state index in [-0.39, 0.29) is 5.91 Å². The van der Waals surface area contributed by atoms with Crippen LogP contribution in [-0.4, -0.2) is 67.8 Å². The second-order valence-electron chi connectivity index (χ2n) is 7.26. The summed E-state index contributed by atoms with van der Waals surface area (Å²) in [5, 5.41) is 21.9. The van der Waals surface area contributed by atoms with E-state index in [4.69, 9.17) is 19.7 Å². The molecule has 1 aliphatic heterocycles. The monoisotopic (exact) mass is 486 g/mol. The van der Waals surface area contributed by atoms with Gasteiger partial charge in [-0.3, -0.25) is 4.79 Å². The van der Waals surface area contributed by atoms with Crippen molar-refractivity contribution in [2.24, 2.45) is 4.99 Å². The molecule has 0 bridgehead atoms. The molecule has 0 fully saturated rings. The van der Waals surface area contributed by atoms with Gasteiger partial charge in [0.05, 0.1) is 0 Å². The molecule has 1 aliphatic rings. The van der Waals surface area contributed by atoms with E-state index in [1.54, 1.807) is 12.1 Å². The third-order valence-corrected chi connectivity index (χ3v) is 6.00. The third-order valence-electron chi connectivity index (χ3n) is 4.44. The van der Waals surface area contributed by atoms with Gasteiger partial charge in [-0.2, -0.15) is 0 Å². The number of thioether (sulfide) groups is 1. The minimum atomic E-state index is -1.07. The maximum atomic E-state index is 12.4. The normalized spacial score (nSPS) is 13.8. The molecule has 3 aromatic rings. The zero-order chi connectivity index (χ0) is 24.7. The number of hydrogen-bond acceptors (Lipinski definition) is 6. The van der Waals surface area contributed by atoms with Crippen molar-refractivity contribution in [3.63, 3.8) is 0 Å². The first-order valence-corrected chi connectivity index (χ1v) is 12.0. The van der Waals surface area contributed by atoms with Gasteiger partial charge < -0.3 is 10.2 Å². The number of hydrogen-bond donors (Lipinski definition) is 3. The molecule has 1 heterocycles. The molecule has 10 heteroatoms. The number of benzene rings is 3. The van der Waals surface area contributed by atoms with Crippen molar-refractivity contribution in [1.29, 1.82) is 0 Å². The summed E-state index contributed by atoms with van der Waals surface area (Å²) in [6.45, 7) is 0.620.